The summed E-state index contributed by atoms with van der Waals surface area (Å²) in [5.74, 6) is 0. The van der Waals surface area contributed by atoms with Crippen LogP contribution in [0.4, 0.5) is 0 Å². The monoisotopic (exact) mass is 176 g/mol. The third-order valence-corrected chi connectivity index (χ3v) is 2.59. The van der Waals surface area contributed by atoms with Gasteiger partial charge in [0.15, 0.2) is 0 Å². The molecule has 1 saturated heterocycles. The lowest BCUT2D eigenvalue weighted by molar-refractivity contribution is 0.0149. The van der Waals surface area contributed by atoms with Crippen LogP contribution >= 0.6 is 0 Å². The Morgan fingerprint density at radius 2 is 2.23 bits per heavy atom. The Hall–Kier alpha value is -0.820. The maximum Gasteiger partial charge on any atom is 0.0825 e. The molecule has 0 N–H and O–H groups in total. The van der Waals surface area contributed by atoms with Crippen molar-refractivity contribution >= 4 is 0 Å². The van der Waals surface area contributed by atoms with Gasteiger partial charge in [-0.3, -0.25) is 0 Å². The second kappa shape index (κ2) is 3.93. The minimum atomic E-state index is 0.355. The lowest BCUT2D eigenvalue weighted by Crippen LogP contribution is -2.11. The molecule has 0 bridgehead atoms. The van der Waals surface area contributed by atoms with E-state index in [0.29, 0.717) is 6.10 Å². The van der Waals surface area contributed by atoms with Gasteiger partial charge in [-0.1, -0.05) is 29.8 Å². The molecule has 0 saturated carbocycles. The van der Waals surface area contributed by atoms with E-state index in [1.807, 2.05) is 0 Å². The molecule has 1 fully saturated rings. The van der Waals surface area contributed by atoms with Gasteiger partial charge in [0.25, 0.3) is 0 Å². The van der Waals surface area contributed by atoms with Gasteiger partial charge in [-0.25, -0.2) is 0 Å². The fourth-order valence-electron chi connectivity index (χ4n) is 1.87. The summed E-state index contributed by atoms with van der Waals surface area (Å²) in [7, 11) is 0. The Bertz CT molecular complexity index is 274. The molecular weight excluding hydrogens is 160 g/mol. The number of ether oxygens (including phenoxy) is 1. The average Bonchev–Trinajstić information content (AvgIpc) is 2.19. The molecule has 1 nitrogen and oxygen atoms in total. The SMILES string of the molecule is Cc1cccc(C2CCCCO2)c1. The molecule has 1 aromatic carbocycles. The summed E-state index contributed by atoms with van der Waals surface area (Å²) in [6, 6.07) is 8.65. The van der Waals surface area contributed by atoms with Gasteiger partial charge in [0.05, 0.1) is 6.10 Å². The Kier molecular flexibility index (Phi) is 2.65. The molecule has 1 aliphatic heterocycles. The number of rotatable bonds is 1. The van der Waals surface area contributed by atoms with Gasteiger partial charge in [0.2, 0.25) is 0 Å². The molecule has 1 atom stereocenters. The van der Waals surface area contributed by atoms with Crippen LogP contribution in [0, 0.1) is 6.92 Å². The van der Waals surface area contributed by atoms with Gasteiger partial charge >= 0.3 is 0 Å². The van der Waals surface area contributed by atoms with Gasteiger partial charge in [-0.2, -0.15) is 0 Å². The van der Waals surface area contributed by atoms with Gasteiger partial charge in [0.1, 0.15) is 0 Å². The molecule has 0 aliphatic carbocycles. The molecule has 0 amide bonds. The van der Waals surface area contributed by atoms with E-state index in [1.165, 1.54) is 30.4 Å². The highest BCUT2D eigenvalue weighted by molar-refractivity contribution is 5.24. The summed E-state index contributed by atoms with van der Waals surface area (Å²) in [5, 5.41) is 0. The van der Waals surface area contributed by atoms with E-state index in [4.69, 9.17) is 4.74 Å². The second-order valence-electron chi connectivity index (χ2n) is 3.77. The van der Waals surface area contributed by atoms with Crippen molar-refractivity contribution in [1.82, 2.24) is 0 Å². The lowest BCUT2D eigenvalue weighted by atomic mass is 10.0. The highest BCUT2D eigenvalue weighted by atomic mass is 16.5. The van der Waals surface area contributed by atoms with Gasteiger partial charge < -0.3 is 4.74 Å². The summed E-state index contributed by atoms with van der Waals surface area (Å²) in [6.45, 7) is 3.06. The fourth-order valence-corrected chi connectivity index (χ4v) is 1.87. The van der Waals surface area contributed by atoms with Crippen molar-refractivity contribution < 1.29 is 4.74 Å². The topological polar surface area (TPSA) is 9.23 Å². The van der Waals surface area contributed by atoms with Crippen LogP contribution in [0.2, 0.25) is 0 Å². The highest BCUT2D eigenvalue weighted by Crippen LogP contribution is 2.27. The van der Waals surface area contributed by atoms with E-state index in [-0.39, 0.29) is 0 Å². The first kappa shape index (κ1) is 8.76. The second-order valence-corrected chi connectivity index (χ2v) is 3.77. The van der Waals surface area contributed by atoms with Crippen molar-refractivity contribution in [2.75, 3.05) is 6.61 Å². The zero-order valence-electron chi connectivity index (χ0n) is 8.12. The van der Waals surface area contributed by atoms with Crippen LogP contribution in [0.1, 0.15) is 36.5 Å². The van der Waals surface area contributed by atoms with E-state index in [9.17, 15) is 0 Å². The lowest BCUT2D eigenvalue weighted by Gasteiger charge is -2.23. The molecule has 13 heavy (non-hydrogen) atoms. The first-order chi connectivity index (χ1) is 6.36. The molecule has 1 heteroatoms. The van der Waals surface area contributed by atoms with Crippen LogP contribution in [-0.4, -0.2) is 6.61 Å². The maximum absolute atomic E-state index is 5.72. The third kappa shape index (κ3) is 2.10. The Morgan fingerprint density at radius 1 is 1.31 bits per heavy atom. The Labute approximate surface area is 79.7 Å². The summed E-state index contributed by atoms with van der Waals surface area (Å²) < 4.78 is 5.72. The van der Waals surface area contributed by atoms with E-state index in [0.717, 1.165) is 6.61 Å². The average molecular weight is 176 g/mol. The van der Waals surface area contributed by atoms with Gasteiger partial charge in [0, 0.05) is 6.61 Å². The number of hydrogen-bond donors (Lipinski definition) is 0. The van der Waals surface area contributed by atoms with E-state index in [1.54, 1.807) is 0 Å². The minimum Gasteiger partial charge on any atom is -0.374 e. The van der Waals surface area contributed by atoms with Gasteiger partial charge in [-0.15, -0.1) is 0 Å². The van der Waals surface area contributed by atoms with Crippen LogP contribution in [0.25, 0.3) is 0 Å². The molecule has 0 radical (unpaired) electrons. The Morgan fingerprint density at radius 3 is 2.92 bits per heavy atom. The minimum absolute atomic E-state index is 0.355. The normalized spacial score (nSPS) is 23.0. The van der Waals surface area contributed by atoms with E-state index >= 15 is 0 Å². The maximum atomic E-state index is 5.72. The predicted octanol–water partition coefficient (Wildman–Crippen LogP) is 3.24. The van der Waals surface area contributed by atoms with Crippen molar-refractivity contribution in [2.45, 2.75) is 32.3 Å². The van der Waals surface area contributed by atoms with Crippen molar-refractivity contribution in [1.29, 1.82) is 0 Å². The zero-order chi connectivity index (χ0) is 9.10. The zero-order valence-corrected chi connectivity index (χ0v) is 8.12. The molecular formula is C12H16O. The molecule has 1 aromatic rings. The van der Waals surface area contributed by atoms with Crippen molar-refractivity contribution in [2.24, 2.45) is 0 Å². The smallest absolute Gasteiger partial charge is 0.0825 e. The molecule has 1 heterocycles. The molecule has 0 aromatic heterocycles. The van der Waals surface area contributed by atoms with Crippen LogP contribution < -0.4 is 0 Å². The van der Waals surface area contributed by atoms with Crippen LogP contribution in [0.3, 0.4) is 0 Å². The number of aryl methyl sites for hydroxylation is 1. The van der Waals surface area contributed by atoms with Gasteiger partial charge in [-0.05, 0) is 31.7 Å². The van der Waals surface area contributed by atoms with Crippen molar-refractivity contribution in [3.63, 3.8) is 0 Å². The largest absolute Gasteiger partial charge is 0.374 e. The third-order valence-electron chi connectivity index (χ3n) is 2.59. The van der Waals surface area contributed by atoms with Crippen molar-refractivity contribution in [3.05, 3.63) is 35.4 Å². The summed E-state index contributed by atoms with van der Waals surface area (Å²) in [6.07, 6.45) is 4.07. The van der Waals surface area contributed by atoms with Crippen LogP contribution in [0.5, 0.6) is 0 Å². The van der Waals surface area contributed by atoms with E-state index < -0.39 is 0 Å². The Balaban J connectivity index is 2.14. The summed E-state index contributed by atoms with van der Waals surface area (Å²) >= 11 is 0. The van der Waals surface area contributed by atoms with Crippen LogP contribution in [0.15, 0.2) is 24.3 Å². The number of hydrogen-bond acceptors (Lipinski definition) is 1. The first-order valence-electron chi connectivity index (χ1n) is 5.04. The first-order valence-corrected chi connectivity index (χ1v) is 5.04. The van der Waals surface area contributed by atoms with E-state index in [2.05, 4.69) is 31.2 Å². The van der Waals surface area contributed by atoms with Crippen LogP contribution in [-0.2, 0) is 4.74 Å². The molecule has 70 valence electrons. The fraction of sp³-hybridized carbons (Fsp3) is 0.500. The predicted molar refractivity (Wildman–Crippen MR) is 53.7 cm³/mol. The van der Waals surface area contributed by atoms with Crippen molar-refractivity contribution in [3.8, 4) is 0 Å². The highest BCUT2D eigenvalue weighted by Gasteiger charge is 2.15. The molecule has 1 aliphatic rings. The molecule has 2 rings (SSSR count). The molecule has 1 unspecified atom stereocenters. The number of benzene rings is 1. The standard InChI is InChI=1S/C12H16O/c1-10-5-4-6-11(9-10)12-7-2-3-8-13-12/h4-6,9,12H,2-3,7-8H2,1H3. The quantitative estimate of drug-likeness (QED) is 0.638. The molecule has 0 spiro atoms. The summed E-state index contributed by atoms with van der Waals surface area (Å²) in [5.41, 5.74) is 2.67. The summed E-state index contributed by atoms with van der Waals surface area (Å²) in [4.78, 5) is 0.